The lowest BCUT2D eigenvalue weighted by Crippen LogP contribution is -2.28. The normalized spacial score (nSPS) is 15.4. The Morgan fingerprint density at radius 2 is 2.33 bits per heavy atom. The maximum atomic E-state index is 11.5. The molecule has 2 rings (SSSR count). The van der Waals surface area contributed by atoms with Crippen molar-refractivity contribution < 1.29 is 14.3 Å². The smallest absolute Gasteiger partial charge is 0.327 e. The number of hydrogen-bond acceptors (Lipinski definition) is 7. The molecule has 2 heterocycles. The highest BCUT2D eigenvalue weighted by atomic mass is 16.5. The van der Waals surface area contributed by atoms with Crippen LogP contribution in [0.15, 0.2) is 0 Å². The van der Waals surface area contributed by atoms with E-state index in [-0.39, 0.29) is 30.6 Å². The van der Waals surface area contributed by atoms with Gasteiger partial charge in [-0.2, -0.15) is 10.4 Å². The van der Waals surface area contributed by atoms with Crippen LogP contribution in [-0.4, -0.2) is 41.6 Å². The highest BCUT2D eigenvalue weighted by molar-refractivity contribution is 5.71. The van der Waals surface area contributed by atoms with Gasteiger partial charge in [0.05, 0.1) is 6.61 Å². The van der Waals surface area contributed by atoms with Gasteiger partial charge in [0, 0.05) is 19.3 Å². The Morgan fingerprint density at radius 3 is 2.95 bits per heavy atom. The van der Waals surface area contributed by atoms with E-state index in [4.69, 9.17) is 15.2 Å². The van der Waals surface area contributed by atoms with Gasteiger partial charge in [0.2, 0.25) is 0 Å². The fraction of sp³-hybridized carbons (Fsp3) is 0.615. The summed E-state index contributed by atoms with van der Waals surface area (Å²) in [5, 5.41) is 16.6. The summed E-state index contributed by atoms with van der Waals surface area (Å²) in [6, 6.07) is 2.22. The minimum absolute atomic E-state index is 0.107. The number of anilines is 2. The van der Waals surface area contributed by atoms with Crippen LogP contribution in [0.4, 0.5) is 11.6 Å². The zero-order valence-electron chi connectivity index (χ0n) is 12.0. The van der Waals surface area contributed by atoms with Crippen LogP contribution < -0.4 is 11.1 Å². The molecule has 0 bridgehead atoms. The first-order chi connectivity index (χ1) is 10.2. The van der Waals surface area contributed by atoms with Crippen molar-refractivity contribution >= 4 is 17.6 Å². The Kier molecular flexibility index (Phi) is 5.00. The highest BCUT2D eigenvalue weighted by Gasteiger charge is 2.21. The van der Waals surface area contributed by atoms with E-state index >= 15 is 0 Å². The molecule has 1 fully saturated rings. The van der Waals surface area contributed by atoms with Gasteiger partial charge in [-0.1, -0.05) is 0 Å². The van der Waals surface area contributed by atoms with Crippen LogP contribution in [0.1, 0.15) is 25.3 Å². The van der Waals surface area contributed by atoms with E-state index < -0.39 is 5.97 Å². The van der Waals surface area contributed by atoms with E-state index in [1.165, 1.54) is 4.68 Å². The molecular formula is C13H19N5O3. The minimum atomic E-state index is -0.436. The zero-order valence-corrected chi connectivity index (χ0v) is 12.0. The SMILES string of the molecule is CCOC(=O)Cn1nc(NC2CCOCC2)c(C#N)c1N. The summed E-state index contributed by atoms with van der Waals surface area (Å²) in [6.07, 6.45) is 1.69. The molecule has 0 unspecified atom stereocenters. The van der Waals surface area contributed by atoms with Crippen molar-refractivity contribution in [1.29, 1.82) is 5.26 Å². The van der Waals surface area contributed by atoms with Crippen molar-refractivity contribution in [2.45, 2.75) is 32.4 Å². The number of nitrogens with one attached hydrogen (secondary N) is 1. The number of aromatic nitrogens is 2. The van der Waals surface area contributed by atoms with E-state index in [0.29, 0.717) is 19.0 Å². The summed E-state index contributed by atoms with van der Waals surface area (Å²) in [5.41, 5.74) is 6.13. The van der Waals surface area contributed by atoms with Gasteiger partial charge in [-0.05, 0) is 19.8 Å². The average Bonchev–Trinajstić information content (AvgIpc) is 2.75. The summed E-state index contributed by atoms with van der Waals surface area (Å²) >= 11 is 0. The molecule has 0 aromatic carbocycles. The highest BCUT2D eigenvalue weighted by Crippen LogP contribution is 2.23. The average molecular weight is 293 g/mol. The van der Waals surface area contributed by atoms with Crippen LogP contribution in [0, 0.1) is 11.3 Å². The topological polar surface area (TPSA) is 115 Å². The number of nitrogen functional groups attached to an aromatic ring is 1. The number of ether oxygens (including phenoxy) is 2. The predicted octanol–water partition coefficient (Wildman–Crippen LogP) is 0.491. The van der Waals surface area contributed by atoms with Gasteiger partial charge in [0.1, 0.15) is 24.0 Å². The summed E-state index contributed by atoms with van der Waals surface area (Å²) in [6.45, 7) is 3.27. The second-order valence-corrected chi connectivity index (χ2v) is 4.71. The Balaban J connectivity index is 2.13. The third kappa shape index (κ3) is 3.64. The fourth-order valence-electron chi connectivity index (χ4n) is 2.17. The van der Waals surface area contributed by atoms with Crippen molar-refractivity contribution in [2.24, 2.45) is 0 Å². The van der Waals surface area contributed by atoms with Gasteiger partial charge in [0.15, 0.2) is 5.82 Å². The standard InChI is InChI=1S/C13H19N5O3/c1-2-21-11(19)8-18-12(15)10(7-14)13(17-18)16-9-3-5-20-6-4-9/h9H,2-6,8,15H2,1H3,(H,16,17). The van der Waals surface area contributed by atoms with Gasteiger partial charge in [-0.3, -0.25) is 4.79 Å². The molecule has 0 saturated carbocycles. The second kappa shape index (κ2) is 6.95. The van der Waals surface area contributed by atoms with Crippen LogP contribution in [0.2, 0.25) is 0 Å². The van der Waals surface area contributed by atoms with Gasteiger partial charge in [-0.25, -0.2) is 4.68 Å². The maximum absolute atomic E-state index is 11.5. The first-order valence-electron chi connectivity index (χ1n) is 6.92. The largest absolute Gasteiger partial charge is 0.465 e. The quantitative estimate of drug-likeness (QED) is 0.759. The summed E-state index contributed by atoms with van der Waals surface area (Å²) < 4.78 is 11.4. The van der Waals surface area contributed by atoms with E-state index in [0.717, 1.165) is 12.8 Å². The Labute approximate surface area is 122 Å². The molecule has 8 nitrogen and oxygen atoms in total. The predicted molar refractivity (Wildman–Crippen MR) is 75.5 cm³/mol. The van der Waals surface area contributed by atoms with Crippen LogP contribution in [0.5, 0.6) is 0 Å². The van der Waals surface area contributed by atoms with E-state index in [1.807, 2.05) is 6.07 Å². The first kappa shape index (κ1) is 15.1. The third-order valence-corrected chi connectivity index (χ3v) is 3.25. The molecule has 0 amide bonds. The molecule has 1 aromatic rings. The number of carbonyl (C=O) groups is 1. The van der Waals surface area contributed by atoms with Gasteiger partial charge in [-0.15, -0.1) is 0 Å². The van der Waals surface area contributed by atoms with Crippen molar-refractivity contribution in [3.05, 3.63) is 5.56 Å². The van der Waals surface area contributed by atoms with Crippen LogP contribution in [-0.2, 0) is 20.8 Å². The lowest BCUT2D eigenvalue weighted by atomic mass is 10.1. The molecule has 0 radical (unpaired) electrons. The molecule has 1 saturated heterocycles. The number of rotatable bonds is 5. The maximum Gasteiger partial charge on any atom is 0.327 e. The number of nitrogens with two attached hydrogens (primary N) is 1. The third-order valence-electron chi connectivity index (χ3n) is 3.25. The number of esters is 1. The number of nitrogens with zero attached hydrogens (tertiary/aromatic N) is 3. The summed E-state index contributed by atoms with van der Waals surface area (Å²) in [5.74, 6) is 0.139. The van der Waals surface area contributed by atoms with Crippen molar-refractivity contribution in [2.75, 3.05) is 30.9 Å². The molecule has 1 aliphatic heterocycles. The van der Waals surface area contributed by atoms with E-state index in [1.54, 1.807) is 6.92 Å². The summed E-state index contributed by atoms with van der Waals surface area (Å²) in [4.78, 5) is 11.5. The van der Waals surface area contributed by atoms with Crippen LogP contribution in [0.25, 0.3) is 0 Å². The first-order valence-corrected chi connectivity index (χ1v) is 6.92. The lowest BCUT2D eigenvalue weighted by molar-refractivity contribution is -0.143. The minimum Gasteiger partial charge on any atom is -0.465 e. The number of carbonyl (C=O) groups excluding carboxylic acids is 1. The van der Waals surface area contributed by atoms with Crippen molar-refractivity contribution in [3.63, 3.8) is 0 Å². The van der Waals surface area contributed by atoms with Crippen molar-refractivity contribution in [3.8, 4) is 6.07 Å². The van der Waals surface area contributed by atoms with Crippen LogP contribution >= 0.6 is 0 Å². The van der Waals surface area contributed by atoms with Gasteiger partial charge >= 0.3 is 5.97 Å². The molecule has 0 spiro atoms. The summed E-state index contributed by atoms with van der Waals surface area (Å²) in [7, 11) is 0. The Hall–Kier alpha value is -2.27. The molecule has 1 aromatic heterocycles. The number of nitriles is 1. The van der Waals surface area contributed by atoms with Gasteiger partial charge < -0.3 is 20.5 Å². The molecule has 0 atom stereocenters. The molecular weight excluding hydrogens is 274 g/mol. The molecule has 21 heavy (non-hydrogen) atoms. The number of hydrogen-bond donors (Lipinski definition) is 2. The van der Waals surface area contributed by atoms with Crippen LogP contribution in [0.3, 0.4) is 0 Å². The Morgan fingerprint density at radius 1 is 1.62 bits per heavy atom. The monoisotopic (exact) mass is 293 g/mol. The zero-order chi connectivity index (χ0) is 15.2. The van der Waals surface area contributed by atoms with Gasteiger partial charge in [0.25, 0.3) is 0 Å². The van der Waals surface area contributed by atoms with E-state index in [9.17, 15) is 10.1 Å². The molecule has 0 aliphatic carbocycles. The van der Waals surface area contributed by atoms with E-state index in [2.05, 4.69) is 10.4 Å². The molecule has 114 valence electrons. The lowest BCUT2D eigenvalue weighted by Gasteiger charge is -2.22. The fourth-order valence-corrected chi connectivity index (χ4v) is 2.17. The second-order valence-electron chi connectivity index (χ2n) is 4.71. The molecule has 1 aliphatic rings. The molecule has 8 heteroatoms. The Bertz CT molecular complexity index is 543. The molecule has 3 N–H and O–H groups in total. The van der Waals surface area contributed by atoms with Crippen molar-refractivity contribution in [1.82, 2.24) is 9.78 Å².